The van der Waals surface area contributed by atoms with Crippen LogP contribution in [0.5, 0.6) is 0 Å². The number of hydrogen-bond donors (Lipinski definition) is 2. The number of fused-ring (bicyclic) bond motifs is 2. The molecular formula is C15H16N4OS. The second-order valence-electron chi connectivity index (χ2n) is 5.47. The van der Waals surface area contributed by atoms with Crippen molar-refractivity contribution in [3.8, 4) is 0 Å². The van der Waals surface area contributed by atoms with Crippen LogP contribution in [0.3, 0.4) is 0 Å². The van der Waals surface area contributed by atoms with E-state index in [1.807, 2.05) is 26.1 Å². The van der Waals surface area contributed by atoms with Crippen LogP contribution >= 0.6 is 11.3 Å². The average Bonchev–Trinajstić information content (AvgIpc) is 3.08. The van der Waals surface area contributed by atoms with Crippen LogP contribution in [0.25, 0.3) is 10.3 Å². The molecule has 0 bridgehead atoms. The fraction of sp³-hybridized carbons (Fsp3) is 0.333. The van der Waals surface area contributed by atoms with Crippen molar-refractivity contribution in [1.29, 1.82) is 0 Å². The highest BCUT2D eigenvalue weighted by atomic mass is 32.1. The van der Waals surface area contributed by atoms with E-state index in [2.05, 4.69) is 27.5 Å². The zero-order valence-corrected chi connectivity index (χ0v) is 12.7. The highest BCUT2D eigenvalue weighted by molar-refractivity contribution is 7.22. The molecule has 0 unspecified atom stereocenters. The lowest BCUT2D eigenvalue weighted by atomic mass is 10.1. The van der Waals surface area contributed by atoms with Crippen LogP contribution in [-0.4, -0.2) is 26.0 Å². The Morgan fingerprint density at radius 1 is 1.38 bits per heavy atom. The molecule has 0 saturated heterocycles. The van der Waals surface area contributed by atoms with Gasteiger partial charge in [0.2, 0.25) is 0 Å². The lowest BCUT2D eigenvalue weighted by molar-refractivity contribution is 0.166. The predicted octanol–water partition coefficient (Wildman–Crippen LogP) is 2.41. The van der Waals surface area contributed by atoms with Gasteiger partial charge < -0.3 is 10.4 Å². The third-order valence-electron chi connectivity index (χ3n) is 4.03. The van der Waals surface area contributed by atoms with Crippen LogP contribution in [0, 0.1) is 6.92 Å². The maximum Gasteiger partial charge on any atom is 0.186 e. The number of nitrogens with zero attached hydrogens (tertiary/aromatic N) is 3. The Bertz CT molecular complexity index is 788. The van der Waals surface area contributed by atoms with E-state index in [9.17, 15) is 5.11 Å². The van der Waals surface area contributed by atoms with Gasteiger partial charge in [-0.1, -0.05) is 35.6 Å². The Balaban J connectivity index is 1.70. The van der Waals surface area contributed by atoms with E-state index in [0.29, 0.717) is 6.42 Å². The second-order valence-corrected chi connectivity index (χ2v) is 6.47. The average molecular weight is 300 g/mol. The number of thiazole rings is 1. The first-order valence-corrected chi connectivity index (χ1v) is 7.77. The SMILES string of the molecule is Cc1nn(C)c2nc(N[C@@H]3c4ccccc4C[C@H]3O)sc12. The molecule has 6 heteroatoms. The summed E-state index contributed by atoms with van der Waals surface area (Å²) in [6.45, 7) is 1.99. The summed E-state index contributed by atoms with van der Waals surface area (Å²) >= 11 is 1.59. The molecule has 0 aliphatic heterocycles. The van der Waals surface area contributed by atoms with Crippen molar-refractivity contribution in [3.05, 3.63) is 41.1 Å². The lowest BCUT2D eigenvalue weighted by Crippen LogP contribution is -2.21. The summed E-state index contributed by atoms with van der Waals surface area (Å²) in [4.78, 5) is 4.60. The van der Waals surface area contributed by atoms with Crippen LogP contribution in [0.15, 0.2) is 24.3 Å². The van der Waals surface area contributed by atoms with Gasteiger partial charge in [-0.2, -0.15) is 5.10 Å². The number of rotatable bonds is 2. The van der Waals surface area contributed by atoms with Gasteiger partial charge in [-0.3, -0.25) is 0 Å². The Kier molecular flexibility index (Phi) is 2.77. The maximum absolute atomic E-state index is 10.3. The van der Waals surface area contributed by atoms with Gasteiger partial charge in [0.25, 0.3) is 0 Å². The van der Waals surface area contributed by atoms with Crippen LogP contribution < -0.4 is 5.32 Å². The molecule has 1 aromatic carbocycles. The molecule has 1 aliphatic carbocycles. The zero-order chi connectivity index (χ0) is 14.6. The summed E-state index contributed by atoms with van der Waals surface area (Å²) in [6.07, 6.45) is 0.285. The van der Waals surface area contributed by atoms with Crippen LogP contribution in [-0.2, 0) is 13.5 Å². The molecule has 4 rings (SSSR count). The molecule has 1 aliphatic rings. The fourth-order valence-electron chi connectivity index (χ4n) is 3.03. The van der Waals surface area contributed by atoms with E-state index in [4.69, 9.17) is 0 Å². The molecule has 108 valence electrons. The monoisotopic (exact) mass is 300 g/mol. The van der Waals surface area contributed by atoms with Crippen molar-refractivity contribution >= 4 is 26.8 Å². The number of aliphatic hydroxyl groups excluding tert-OH is 1. The molecule has 0 saturated carbocycles. The molecule has 0 amide bonds. The number of aliphatic hydroxyl groups is 1. The first-order valence-electron chi connectivity index (χ1n) is 6.96. The van der Waals surface area contributed by atoms with E-state index >= 15 is 0 Å². The van der Waals surface area contributed by atoms with Gasteiger partial charge in [0, 0.05) is 13.5 Å². The van der Waals surface area contributed by atoms with E-state index in [-0.39, 0.29) is 6.04 Å². The van der Waals surface area contributed by atoms with E-state index in [1.165, 1.54) is 11.1 Å². The predicted molar refractivity (Wildman–Crippen MR) is 83.6 cm³/mol. The summed E-state index contributed by atoms with van der Waals surface area (Å²) < 4.78 is 2.89. The minimum absolute atomic E-state index is 0.0879. The van der Waals surface area contributed by atoms with E-state index in [0.717, 1.165) is 21.2 Å². The van der Waals surface area contributed by atoms with Crippen molar-refractivity contribution < 1.29 is 5.11 Å². The number of nitrogens with one attached hydrogen (secondary N) is 1. The normalized spacial score (nSPS) is 20.9. The number of hydrogen-bond acceptors (Lipinski definition) is 5. The van der Waals surface area contributed by atoms with E-state index < -0.39 is 6.10 Å². The maximum atomic E-state index is 10.3. The molecule has 0 spiro atoms. The van der Waals surface area contributed by atoms with Gasteiger partial charge in [0.05, 0.1) is 22.5 Å². The minimum atomic E-state index is -0.409. The Morgan fingerprint density at radius 2 is 2.19 bits per heavy atom. The van der Waals surface area contributed by atoms with Crippen molar-refractivity contribution in [2.45, 2.75) is 25.5 Å². The highest BCUT2D eigenvalue weighted by Crippen LogP contribution is 2.36. The van der Waals surface area contributed by atoms with Crippen molar-refractivity contribution in [2.75, 3.05) is 5.32 Å². The van der Waals surface area contributed by atoms with Crippen molar-refractivity contribution in [3.63, 3.8) is 0 Å². The number of aryl methyl sites for hydroxylation is 2. The molecule has 2 heterocycles. The molecule has 0 radical (unpaired) electrons. The van der Waals surface area contributed by atoms with Crippen molar-refractivity contribution in [1.82, 2.24) is 14.8 Å². The van der Waals surface area contributed by atoms with Gasteiger partial charge in [0.1, 0.15) is 0 Å². The molecular weight excluding hydrogens is 284 g/mol. The first kappa shape index (κ1) is 12.8. The number of anilines is 1. The van der Waals surface area contributed by atoms with Crippen LogP contribution in [0.4, 0.5) is 5.13 Å². The fourth-order valence-corrected chi connectivity index (χ4v) is 4.00. The smallest absolute Gasteiger partial charge is 0.186 e. The molecule has 2 N–H and O–H groups in total. The molecule has 2 aromatic heterocycles. The first-order chi connectivity index (χ1) is 10.1. The molecule has 5 nitrogen and oxygen atoms in total. The largest absolute Gasteiger partial charge is 0.390 e. The summed E-state index contributed by atoms with van der Waals surface area (Å²) in [7, 11) is 1.90. The lowest BCUT2D eigenvalue weighted by Gasteiger charge is -2.16. The molecule has 3 aromatic rings. The zero-order valence-electron chi connectivity index (χ0n) is 11.9. The van der Waals surface area contributed by atoms with Gasteiger partial charge in [-0.15, -0.1) is 0 Å². The van der Waals surface area contributed by atoms with Gasteiger partial charge >= 0.3 is 0 Å². The van der Waals surface area contributed by atoms with Crippen molar-refractivity contribution in [2.24, 2.45) is 7.05 Å². The topological polar surface area (TPSA) is 63.0 Å². The third-order valence-corrected chi connectivity index (χ3v) is 5.11. The van der Waals surface area contributed by atoms with E-state index in [1.54, 1.807) is 16.0 Å². The standard InChI is InChI=1S/C15H16N4OS/c1-8-13-14(19(2)18-8)17-15(21-13)16-12-10-6-4-3-5-9(10)7-11(12)20/h3-6,11-12,20H,7H2,1-2H3,(H,16,17)/t11-,12-/m1/s1. The summed E-state index contributed by atoms with van der Waals surface area (Å²) in [5.41, 5.74) is 4.26. The quantitative estimate of drug-likeness (QED) is 0.763. The van der Waals surface area contributed by atoms with Crippen LogP contribution in [0.2, 0.25) is 0 Å². The second kappa shape index (κ2) is 4.54. The summed E-state index contributed by atoms with van der Waals surface area (Å²) in [6, 6.07) is 8.09. The molecule has 0 fully saturated rings. The minimum Gasteiger partial charge on any atom is -0.390 e. The molecule has 2 atom stereocenters. The number of benzene rings is 1. The molecule has 21 heavy (non-hydrogen) atoms. The Morgan fingerprint density at radius 3 is 3.00 bits per heavy atom. The Labute approximate surface area is 126 Å². The summed E-state index contributed by atoms with van der Waals surface area (Å²) in [5.74, 6) is 0. The summed E-state index contributed by atoms with van der Waals surface area (Å²) in [5, 5.41) is 18.9. The van der Waals surface area contributed by atoms with Gasteiger partial charge in [0.15, 0.2) is 10.8 Å². The number of aromatic nitrogens is 3. The van der Waals surface area contributed by atoms with Crippen LogP contribution in [0.1, 0.15) is 22.9 Å². The highest BCUT2D eigenvalue weighted by Gasteiger charge is 2.31. The third kappa shape index (κ3) is 1.94. The Hall–Kier alpha value is -1.92. The van der Waals surface area contributed by atoms with Gasteiger partial charge in [-0.25, -0.2) is 9.67 Å². The van der Waals surface area contributed by atoms with Gasteiger partial charge in [-0.05, 0) is 18.1 Å².